The largest absolute Gasteiger partial charge is 0.479 e. The van der Waals surface area contributed by atoms with Gasteiger partial charge >= 0.3 is 0 Å². The molecule has 20 heavy (non-hydrogen) atoms. The van der Waals surface area contributed by atoms with E-state index in [9.17, 15) is 13.6 Å². The van der Waals surface area contributed by atoms with Gasteiger partial charge in [-0.3, -0.25) is 4.79 Å². The van der Waals surface area contributed by atoms with Crippen molar-refractivity contribution in [1.82, 2.24) is 0 Å². The highest BCUT2D eigenvalue weighted by Gasteiger charge is 2.19. The van der Waals surface area contributed by atoms with Gasteiger partial charge in [-0.15, -0.1) is 0 Å². The van der Waals surface area contributed by atoms with Crippen molar-refractivity contribution >= 4 is 21.7 Å². The molecule has 0 N–H and O–H groups in total. The highest BCUT2D eigenvalue weighted by atomic mass is 79.9. The summed E-state index contributed by atoms with van der Waals surface area (Å²) < 4.78 is 32.6. The summed E-state index contributed by atoms with van der Waals surface area (Å²) in [7, 11) is 0. The summed E-state index contributed by atoms with van der Waals surface area (Å²) in [5.41, 5.74) is 0.442. The van der Waals surface area contributed by atoms with Crippen LogP contribution in [0, 0.1) is 11.6 Å². The molecular formula is C15H11BrF2O2. The van der Waals surface area contributed by atoms with Gasteiger partial charge in [0, 0.05) is 10.0 Å². The third-order valence-electron chi connectivity index (χ3n) is 2.72. The summed E-state index contributed by atoms with van der Waals surface area (Å²) in [4.78, 5) is 12.1. The summed E-state index contributed by atoms with van der Waals surface area (Å²) in [6.07, 6.45) is -0.910. The number of ether oxygens (including phenoxy) is 1. The van der Waals surface area contributed by atoms with E-state index in [0.717, 1.165) is 10.5 Å². The lowest BCUT2D eigenvalue weighted by Gasteiger charge is -2.14. The summed E-state index contributed by atoms with van der Waals surface area (Å²) in [6, 6.07) is 10.3. The van der Waals surface area contributed by atoms with Gasteiger partial charge in [-0.05, 0) is 31.2 Å². The van der Waals surface area contributed by atoms with E-state index in [1.54, 1.807) is 24.3 Å². The van der Waals surface area contributed by atoms with Crippen molar-refractivity contribution in [3.8, 4) is 5.75 Å². The van der Waals surface area contributed by atoms with Gasteiger partial charge in [-0.2, -0.15) is 4.39 Å². The number of benzene rings is 2. The minimum Gasteiger partial charge on any atom is -0.479 e. The number of rotatable bonds is 4. The number of hydrogen-bond acceptors (Lipinski definition) is 2. The van der Waals surface area contributed by atoms with Crippen LogP contribution in [0.25, 0.3) is 0 Å². The Balaban J connectivity index is 2.15. The fourth-order valence-corrected chi connectivity index (χ4v) is 1.93. The van der Waals surface area contributed by atoms with Gasteiger partial charge in [0.15, 0.2) is 17.7 Å². The van der Waals surface area contributed by atoms with Crippen molar-refractivity contribution < 1.29 is 18.3 Å². The van der Waals surface area contributed by atoms with E-state index in [1.165, 1.54) is 19.1 Å². The molecule has 0 aliphatic rings. The quantitative estimate of drug-likeness (QED) is 0.772. The van der Waals surface area contributed by atoms with Crippen molar-refractivity contribution in [2.45, 2.75) is 13.0 Å². The lowest BCUT2D eigenvalue weighted by molar-refractivity contribution is 0.0811. The molecule has 0 bridgehead atoms. The minimum absolute atomic E-state index is 0.275. The molecule has 0 heterocycles. The van der Waals surface area contributed by atoms with Crippen molar-refractivity contribution in [3.63, 3.8) is 0 Å². The maximum atomic E-state index is 13.5. The highest BCUT2D eigenvalue weighted by Crippen LogP contribution is 2.21. The molecule has 5 heteroatoms. The Labute approximate surface area is 123 Å². The first kappa shape index (κ1) is 14.7. The van der Waals surface area contributed by atoms with Crippen LogP contribution in [0.15, 0.2) is 46.9 Å². The Kier molecular flexibility index (Phi) is 4.49. The van der Waals surface area contributed by atoms with Gasteiger partial charge in [-0.1, -0.05) is 34.1 Å². The molecule has 0 saturated carbocycles. The molecule has 2 rings (SSSR count). The van der Waals surface area contributed by atoms with Crippen LogP contribution in [-0.2, 0) is 0 Å². The van der Waals surface area contributed by atoms with E-state index in [0.29, 0.717) is 5.56 Å². The maximum Gasteiger partial charge on any atom is 0.202 e. The smallest absolute Gasteiger partial charge is 0.202 e. The SMILES string of the molecule is CC(Oc1cccc(F)c1F)C(=O)c1ccc(Br)cc1. The Morgan fingerprint density at radius 3 is 2.45 bits per heavy atom. The van der Waals surface area contributed by atoms with Crippen LogP contribution in [0.5, 0.6) is 5.75 Å². The molecule has 0 spiro atoms. The Bertz CT molecular complexity index is 626. The summed E-state index contributed by atoms with van der Waals surface area (Å²) in [6.45, 7) is 1.49. The molecule has 2 aromatic rings. The second-order valence-corrected chi connectivity index (χ2v) is 5.10. The molecule has 104 valence electrons. The van der Waals surface area contributed by atoms with Crippen LogP contribution in [0.2, 0.25) is 0 Å². The molecule has 2 nitrogen and oxygen atoms in total. The van der Waals surface area contributed by atoms with Gasteiger partial charge in [0.25, 0.3) is 0 Å². The molecule has 1 atom stereocenters. The standard InChI is InChI=1S/C15H11BrF2O2/c1-9(15(19)10-5-7-11(16)8-6-10)20-13-4-2-3-12(17)14(13)18/h2-9H,1H3. The molecular weight excluding hydrogens is 330 g/mol. The van der Waals surface area contributed by atoms with E-state index in [4.69, 9.17) is 4.74 Å². The first-order valence-electron chi connectivity index (χ1n) is 5.89. The van der Waals surface area contributed by atoms with E-state index < -0.39 is 17.7 Å². The fourth-order valence-electron chi connectivity index (χ4n) is 1.67. The number of carbonyl (C=O) groups is 1. The zero-order valence-electron chi connectivity index (χ0n) is 10.6. The normalized spacial score (nSPS) is 12.0. The highest BCUT2D eigenvalue weighted by molar-refractivity contribution is 9.10. The average molecular weight is 341 g/mol. The third-order valence-corrected chi connectivity index (χ3v) is 3.25. The van der Waals surface area contributed by atoms with Crippen LogP contribution in [0.3, 0.4) is 0 Å². The topological polar surface area (TPSA) is 26.3 Å². The van der Waals surface area contributed by atoms with Crippen molar-refractivity contribution in [2.24, 2.45) is 0 Å². The molecule has 0 radical (unpaired) electrons. The van der Waals surface area contributed by atoms with Crippen molar-refractivity contribution in [3.05, 3.63) is 64.1 Å². The molecule has 0 amide bonds. The predicted octanol–water partition coefficient (Wildman–Crippen LogP) is 4.38. The molecule has 0 fully saturated rings. The van der Waals surface area contributed by atoms with Crippen LogP contribution >= 0.6 is 15.9 Å². The molecule has 2 aromatic carbocycles. The number of ketones is 1. The van der Waals surface area contributed by atoms with Crippen LogP contribution in [-0.4, -0.2) is 11.9 Å². The average Bonchev–Trinajstić information content (AvgIpc) is 2.44. The second kappa shape index (κ2) is 6.13. The van der Waals surface area contributed by atoms with E-state index in [-0.39, 0.29) is 11.5 Å². The minimum atomic E-state index is -1.09. The summed E-state index contributed by atoms with van der Waals surface area (Å²) in [5, 5.41) is 0. The number of Topliss-reactive ketones (excluding diaryl/α,β-unsaturated/α-hetero) is 1. The van der Waals surface area contributed by atoms with Gasteiger partial charge in [-0.25, -0.2) is 4.39 Å². The number of halogens is 3. The number of carbonyl (C=O) groups excluding carboxylic acids is 1. The van der Waals surface area contributed by atoms with E-state index in [1.807, 2.05) is 0 Å². The third kappa shape index (κ3) is 3.22. The van der Waals surface area contributed by atoms with Gasteiger partial charge in [0.05, 0.1) is 0 Å². The molecule has 0 saturated heterocycles. The van der Waals surface area contributed by atoms with Crippen molar-refractivity contribution in [1.29, 1.82) is 0 Å². The lowest BCUT2D eigenvalue weighted by Crippen LogP contribution is -2.24. The van der Waals surface area contributed by atoms with Gasteiger partial charge in [0.1, 0.15) is 0 Å². The summed E-state index contributed by atoms with van der Waals surface area (Å²) in [5.74, 6) is -2.68. The second-order valence-electron chi connectivity index (χ2n) is 4.18. The monoisotopic (exact) mass is 340 g/mol. The van der Waals surface area contributed by atoms with Crippen molar-refractivity contribution in [2.75, 3.05) is 0 Å². The fraction of sp³-hybridized carbons (Fsp3) is 0.133. The molecule has 1 unspecified atom stereocenters. The first-order chi connectivity index (χ1) is 9.49. The van der Waals surface area contributed by atoms with Gasteiger partial charge in [0.2, 0.25) is 11.6 Å². The zero-order chi connectivity index (χ0) is 14.7. The summed E-state index contributed by atoms with van der Waals surface area (Å²) >= 11 is 3.27. The zero-order valence-corrected chi connectivity index (χ0v) is 12.2. The number of hydrogen-bond donors (Lipinski definition) is 0. The molecule has 0 aromatic heterocycles. The molecule has 0 aliphatic heterocycles. The lowest BCUT2D eigenvalue weighted by atomic mass is 10.1. The van der Waals surface area contributed by atoms with E-state index >= 15 is 0 Å². The van der Waals surface area contributed by atoms with Crippen LogP contribution in [0.4, 0.5) is 8.78 Å². The Morgan fingerprint density at radius 2 is 1.80 bits per heavy atom. The Morgan fingerprint density at radius 1 is 1.15 bits per heavy atom. The molecule has 0 aliphatic carbocycles. The van der Waals surface area contributed by atoms with Gasteiger partial charge < -0.3 is 4.74 Å². The van der Waals surface area contributed by atoms with Crippen LogP contribution < -0.4 is 4.74 Å². The van der Waals surface area contributed by atoms with Crippen LogP contribution in [0.1, 0.15) is 17.3 Å². The first-order valence-corrected chi connectivity index (χ1v) is 6.69. The predicted molar refractivity (Wildman–Crippen MR) is 74.9 cm³/mol. The Hall–Kier alpha value is -1.75. The van der Waals surface area contributed by atoms with E-state index in [2.05, 4.69) is 15.9 Å². The maximum absolute atomic E-state index is 13.5.